The van der Waals surface area contributed by atoms with Crippen molar-refractivity contribution < 1.29 is 9.90 Å². The van der Waals surface area contributed by atoms with E-state index < -0.39 is 11.2 Å². The lowest BCUT2D eigenvalue weighted by Gasteiger charge is -2.09. The summed E-state index contributed by atoms with van der Waals surface area (Å²) in [4.78, 5) is 10.9. The number of thioether (sulfide) groups is 1. The Morgan fingerprint density at radius 2 is 2.33 bits per heavy atom. The summed E-state index contributed by atoms with van der Waals surface area (Å²) in [5.74, 6) is -0.111. The normalized spacial score (nSPS) is 12.7. The van der Waals surface area contributed by atoms with Gasteiger partial charge < -0.3 is 15.4 Å². The van der Waals surface area contributed by atoms with Gasteiger partial charge in [-0.05, 0) is 19.9 Å². The van der Waals surface area contributed by atoms with Gasteiger partial charge in [0, 0.05) is 7.05 Å². The first-order valence-electron chi connectivity index (χ1n) is 4.51. The lowest BCUT2D eigenvalue weighted by molar-refractivity contribution is -0.136. The number of nitrogens with zero attached hydrogens (tertiary/aromatic N) is 3. The molecule has 1 aromatic rings. The van der Waals surface area contributed by atoms with Crippen molar-refractivity contribution in [1.82, 2.24) is 14.8 Å². The van der Waals surface area contributed by atoms with Gasteiger partial charge in [0.15, 0.2) is 5.16 Å². The van der Waals surface area contributed by atoms with E-state index in [1.807, 2.05) is 6.92 Å². The maximum atomic E-state index is 10.9. The lowest BCUT2D eigenvalue weighted by Crippen LogP contribution is -2.20. The molecule has 7 heteroatoms. The third-order valence-corrected chi connectivity index (χ3v) is 3.29. The molecule has 1 aromatic heterocycles. The average Bonchev–Trinajstić information content (AvgIpc) is 2.48. The molecule has 1 heterocycles. The van der Waals surface area contributed by atoms with Crippen molar-refractivity contribution in [2.75, 3.05) is 6.54 Å². The largest absolute Gasteiger partial charge is 0.480 e. The minimum absolute atomic E-state index is 0.348. The Bertz CT molecular complexity index is 352. The number of carbonyl (C=O) groups is 1. The number of carboxylic acid groups (broad SMARTS) is 1. The van der Waals surface area contributed by atoms with Gasteiger partial charge in [-0.3, -0.25) is 4.79 Å². The quantitative estimate of drug-likeness (QED) is 0.692. The standard InChI is InChI=1S/C8H14N4O2S/c1-5-10-11-8(12(5)2)15-6(3-4-9)7(13)14/h6H,3-4,9H2,1-2H3,(H,13,14). The highest BCUT2D eigenvalue weighted by Crippen LogP contribution is 2.23. The predicted octanol–water partition coefficient (Wildman–Crippen LogP) is 0.0176. The van der Waals surface area contributed by atoms with E-state index in [1.54, 1.807) is 11.6 Å². The zero-order valence-corrected chi connectivity index (χ0v) is 9.49. The maximum absolute atomic E-state index is 10.9. The second kappa shape index (κ2) is 5.13. The van der Waals surface area contributed by atoms with Crippen molar-refractivity contribution in [3.05, 3.63) is 5.82 Å². The fourth-order valence-electron chi connectivity index (χ4n) is 1.00. The molecular weight excluding hydrogens is 216 g/mol. The number of aliphatic carboxylic acids is 1. The van der Waals surface area contributed by atoms with Gasteiger partial charge in [-0.1, -0.05) is 11.8 Å². The number of carboxylic acids is 1. The smallest absolute Gasteiger partial charge is 0.317 e. The average molecular weight is 230 g/mol. The third kappa shape index (κ3) is 2.93. The number of hydrogen-bond donors (Lipinski definition) is 2. The lowest BCUT2D eigenvalue weighted by atomic mass is 10.3. The Hall–Kier alpha value is -1.08. The number of rotatable bonds is 5. The third-order valence-electron chi connectivity index (χ3n) is 2.00. The molecule has 0 saturated heterocycles. The van der Waals surface area contributed by atoms with Crippen LogP contribution < -0.4 is 5.73 Å². The van der Waals surface area contributed by atoms with E-state index in [0.29, 0.717) is 18.1 Å². The Morgan fingerprint density at radius 3 is 2.73 bits per heavy atom. The number of hydrogen-bond acceptors (Lipinski definition) is 5. The van der Waals surface area contributed by atoms with Gasteiger partial charge in [-0.25, -0.2) is 0 Å². The second-order valence-corrected chi connectivity index (χ2v) is 4.28. The molecule has 0 aliphatic rings. The highest BCUT2D eigenvalue weighted by molar-refractivity contribution is 8.00. The molecule has 1 rings (SSSR count). The van der Waals surface area contributed by atoms with Gasteiger partial charge in [-0.15, -0.1) is 10.2 Å². The summed E-state index contributed by atoms with van der Waals surface area (Å²) in [7, 11) is 1.80. The van der Waals surface area contributed by atoms with E-state index in [2.05, 4.69) is 10.2 Å². The van der Waals surface area contributed by atoms with E-state index in [-0.39, 0.29) is 0 Å². The zero-order valence-electron chi connectivity index (χ0n) is 8.67. The molecule has 0 radical (unpaired) electrons. The van der Waals surface area contributed by atoms with Crippen LogP contribution in [-0.4, -0.2) is 37.6 Å². The van der Waals surface area contributed by atoms with Crippen LogP contribution >= 0.6 is 11.8 Å². The highest BCUT2D eigenvalue weighted by Gasteiger charge is 2.20. The van der Waals surface area contributed by atoms with Gasteiger partial charge in [0.25, 0.3) is 0 Å². The summed E-state index contributed by atoms with van der Waals surface area (Å²) in [5.41, 5.74) is 5.34. The van der Waals surface area contributed by atoms with E-state index in [1.165, 1.54) is 11.8 Å². The van der Waals surface area contributed by atoms with Crippen LogP contribution in [0.2, 0.25) is 0 Å². The summed E-state index contributed by atoms with van der Waals surface area (Å²) < 4.78 is 1.76. The summed E-state index contributed by atoms with van der Waals surface area (Å²) in [5, 5.41) is 16.7. The van der Waals surface area contributed by atoms with Gasteiger partial charge >= 0.3 is 5.97 Å². The second-order valence-electron chi connectivity index (χ2n) is 3.11. The van der Waals surface area contributed by atoms with Crippen LogP contribution in [0.1, 0.15) is 12.2 Å². The number of aromatic nitrogens is 3. The zero-order chi connectivity index (χ0) is 11.4. The maximum Gasteiger partial charge on any atom is 0.317 e. The monoisotopic (exact) mass is 230 g/mol. The Morgan fingerprint density at radius 1 is 1.67 bits per heavy atom. The molecule has 1 atom stereocenters. The minimum Gasteiger partial charge on any atom is -0.480 e. The molecule has 0 fully saturated rings. The van der Waals surface area contributed by atoms with Crippen LogP contribution in [0.5, 0.6) is 0 Å². The van der Waals surface area contributed by atoms with Crippen LogP contribution in [0.25, 0.3) is 0 Å². The fourth-order valence-corrected chi connectivity index (χ4v) is 1.99. The number of aryl methyl sites for hydroxylation is 1. The van der Waals surface area contributed by atoms with Crippen molar-refractivity contribution in [3.8, 4) is 0 Å². The van der Waals surface area contributed by atoms with Gasteiger partial charge in [0.05, 0.1) is 0 Å². The molecule has 6 nitrogen and oxygen atoms in total. The van der Waals surface area contributed by atoms with Gasteiger partial charge in [-0.2, -0.15) is 0 Å². The first kappa shape index (κ1) is 12.0. The molecule has 0 amide bonds. The van der Waals surface area contributed by atoms with Crippen LogP contribution in [0.15, 0.2) is 5.16 Å². The van der Waals surface area contributed by atoms with Crippen LogP contribution in [-0.2, 0) is 11.8 Å². The van der Waals surface area contributed by atoms with Crippen molar-refractivity contribution in [2.24, 2.45) is 12.8 Å². The van der Waals surface area contributed by atoms with Crippen molar-refractivity contribution in [3.63, 3.8) is 0 Å². The molecule has 0 saturated carbocycles. The molecule has 3 N–H and O–H groups in total. The van der Waals surface area contributed by atoms with Gasteiger partial charge in [0.2, 0.25) is 0 Å². The van der Waals surface area contributed by atoms with E-state index in [0.717, 1.165) is 5.82 Å². The van der Waals surface area contributed by atoms with Crippen molar-refractivity contribution in [1.29, 1.82) is 0 Å². The first-order chi connectivity index (χ1) is 7.06. The molecule has 1 unspecified atom stereocenters. The Balaban J connectivity index is 2.74. The summed E-state index contributed by atoms with van der Waals surface area (Å²) >= 11 is 1.18. The molecule has 0 aliphatic carbocycles. The van der Waals surface area contributed by atoms with Crippen molar-refractivity contribution in [2.45, 2.75) is 23.8 Å². The molecule has 0 aliphatic heterocycles. The first-order valence-corrected chi connectivity index (χ1v) is 5.39. The Labute approximate surface area is 91.9 Å². The SMILES string of the molecule is Cc1nnc(SC(CCN)C(=O)O)n1C. The van der Waals surface area contributed by atoms with Gasteiger partial charge in [0.1, 0.15) is 11.1 Å². The topological polar surface area (TPSA) is 94.0 Å². The van der Waals surface area contributed by atoms with Crippen LogP contribution in [0.4, 0.5) is 0 Å². The van der Waals surface area contributed by atoms with E-state index in [4.69, 9.17) is 10.8 Å². The molecule has 0 aromatic carbocycles. The Kier molecular flexibility index (Phi) is 4.10. The molecular formula is C8H14N4O2S. The highest BCUT2D eigenvalue weighted by atomic mass is 32.2. The van der Waals surface area contributed by atoms with Crippen molar-refractivity contribution >= 4 is 17.7 Å². The molecule has 84 valence electrons. The summed E-state index contributed by atoms with van der Waals surface area (Å²) in [6.07, 6.45) is 0.423. The number of nitrogens with two attached hydrogens (primary N) is 1. The fraction of sp³-hybridized carbons (Fsp3) is 0.625. The van der Waals surface area contributed by atoms with Crippen LogP contribution in [0, 0.1) is 6.92 Å². The van der Waals surface area contributed by atoms with Crippen LogP contribution in [0.3, 0.4) is 0 Å². The minimum atomic E-state index is -0.869. The van der Waals surface area contributed by atoms with E-state index >= 15 is 0 Å². The summed E-state index contributed by atoms with van der Waals surface area (Å²) in [6.45, 7) is 2.16. The molecule has 0 bridgehead atoms. The van der Waals surface area contributed by atoms with E-state index in [9.17, 15) is 4.79 Å². The molecule has 15 heavy (non-hydrogen) atoms. The summed E-state index contributed by atoms with van der Waals surface area (Å²) in [6, 6.07) is 0. The predicted molar refractivity (Wildman–Crippen MR) is 56.7 cm³/mol. The molecule has 0 spiro atoms.